The summed E-state index contributed by atoms with van der Waals surface area (Å²) in [5.41, 5.74) is 0. The molecule has 0 amide bonds. The number of alkyl halides is 4. The van der Waals surface area contributed by atoms with Crippen LogP contribution in [0, 0.1) is 5.92 Å². The van der Waals surface area contributed by atoms with Crippen molar-refractivity contribution in [2.75, 3.05) is 0 Å². The molecule has 0 aromatic heterocycles. The van der Waals surface area contributed by atoms with Crippen LogP contribution < -0.4 is 0 Å². The summed E-state index contributed by atoms with van der Waals surface area (Å²) < 4.78 is 51.6. The predicted molar refractivity (Wildman–Crippen MR) is 92.9 cm³/mol. The summed E-state index contributed by atoms with van der Waals surface area (Å²) in [5, 5.41) is 0. The highest BCUT2D eigenvalue weighted by atomic mass is 19.3. The van der Waals surface area contributed by atoms with Crippen LogP contribution in [0.25, 0.3) is 0 Å². The van der Waals surface area contributed by atoms with Crippen LogP contribution in [0.3, 0.4) is 0 Å². The first-order valence-corrected chi connectivity index (χ1v) is 10.2. The molecule has 1 unspecified atom stereocenters. The van der Waals surface area contributed by atoms with Crippen molar-refractivity contribution in [1.82, 2.24) is 0 Å². The van der Waals surface area contributed by atoms with Crippen molar-refractivity contribution in [2.24, 2.45) is 5.92 Å². The van der Waals surface area contributed by atoms with E-state index in [9.17, 15) is 17.6 Å². The van der Waals surface area contributed by atoms with Gasteiger partial charge in [0.2, 0.25) is 0 Å². The minimum absolute atomic E-state index is 0.251. The van der Waals surface area contributed by atoms with Crippen LogP contribution in [0.5, 0.6) is 0 Å². The summed E-state index contributed by atoms with van der Waals surface area (Å²) >= 11 is 0. The van der Waals surface area contributed by atoms with E-state index in [0.29, 0.717) is 6.42 Å². The van der Waals surface area contributed by atoms with Gasteiger partial charge in [0, 0.05) is 12.3 Å². The summed E-state index contributed by atoms with van der Waals surface area (Å²) in [5.74, 6) is -8.61. The zero-order chi connectivity index (χ0) is 17.9. The smallest absolute Gasteiger partial charge is 0.200 e. The highest BCUT2D eigenvalue weighted by Gasteiger charge is 2.70. The fourth-order valence-corrected chi connectivity index (χ4v) is 3.61. The Hall–Kier alpha value is -0.280. The Morgan fingerprint density at radius 1 is 0.625 bits per heavy atom. The molecule has 0 aromatic rings. The van der Waals surface area contributed by atoms with Crippen LogP contribution >= 0.6 is 0 Å². The quantitative estimate of drug-likeness (QED) is 0.206. The van der Waals surface area contributed by atoms with Crippen molar-refractivity contribution in [2.45, 2.75) is 122 Å². The zero-order valence-corrected chi connectivity index (χ0v) is 15.4. The van der Waals surface area contributed by atoms with Gasteiger partial charge < -0.3 is 0 Å². The van der Waals surface area contributed by atoms with Gasteiger partial charge in [-0.05, 0) is 6.42 Å². The Morgan fingerprint density at radius 3 is 1.33 bits per heavy atom. The number of halogens is 4. The van der Waals surface area contributed by atoms with E-state index < -0.39 is 24.2 Å². The third-order valence-electron chi connectivity index (χ3n) is 5.41. The second kappa shape index (κ2) is 11.4. The van der Waals surface area contributed by atoms with Crippen LogP contribution in [-0.4, -0.2) is 11.8 Å². The molecule has 0 N–H and O–H groups in total. The normalized spacial score (nSPS) is 21.6. The lowest BCUT2D eigenvalue weighted by Crippen LogP contribution is -2.58. The van der Waals surface area contributed by atoms with Gasteiger partial charge in [-0.2, -0.15) is 17.6 Å². The first kappa shape index (κ1) is 21.8. The molecule has 0 aliphatic heterocycles. The second-order valence-electron chi connectivity index (χ2n) is 7.61. The molecule has 0 nitrogen and oxygen atoms in total. The third kappa shape index (κ3) is 7.31. The molecular formula is C20H36F4. The summed E-state index contributed by atoms with van der Waals surface area (Å²) in [6, 6.07) is 0. The monoisotopic (exact) mass is 352 g/mol. The fraction of sp³-hybridized carbons (Fsp3) is 1.00. The van der Waals surface area contributed by atoms with Crippen LogP contribution in [0.4, 0.5) is 17.6 Å². The van der Waals surface area contributed by atoms with Gasteiger partial charge in [-0.25, -0.2) is 0 Å². The Bertz CT molecular complexity index is 315. The van der Waals surface area contributed by atoms with Crippen molar-refractivity contribution in [3.8, 4) is 0 Å². The number of hydrogen-bond acceptors (Lipinski definition) is 0. The highest BCUT2D eigenvalue weighted by Crippen LogP contribution is 2.56. The minimum atomic E-state index is -3.76. The molecule has 1 aliphatic carbocycles. The van der Waals surface area contributed by atoms with E-state index in [1.54, 1.807) is 0 Å². The molecule has 0 bridgehead atoms. The average Bonchev–Trinajstić information content (AvgIpc) is 2.54. The van der Waals surface area contributed by atoms with Gasteiger partial charge in [-0.3, -0.25) is 0 Å². The van der Waals surface area contributed by atoms with Crippen molar-refractivity contribution < 1.29 is 17.6 Å². The lowest BCUT2D eigenvalue weighted by atomic mass is 9.74. The van der Waals surface area contributed by atoms with Crippen molar-refractivity contribution in [1.29, 1.82) is 0 Å². The third-order valence-corrected chi connectivity index (χ3v) is 5.41. The molecule has 1 saturated carbocycles. The van der Waals surface area contributed by atoms with Crippen LogP contribution in [0.1, 0.15) is 110 Å². The summed E-state index contributed by atoms with van der Waals surface area (Å²) in [7, 11) is 0. The van der Waals surface area contributed by atoms with Crippen molar-refractivity contribution >= 4 is 0 Å². The van der Waals surface area contributed by atoms with E-state index in [1.165, 1.54) is 64.2 Å². The predicted octanol–water partition coefficient (Wildman–Crippen LogP) is 8.15. The van der Waals surface area contributed by atoms with Crippen LogP contribution in [0.15, 0.2) is 0 Å². The number of unbranched alkanes of at least 4 members (excludes halogenated alkanes) is 13. The van der Waals surface area contributed by atoms with Crippen LogP contribution in [0.2, 0.25) is 0 Å². The van der Waals surface area contributed by atoms with Gasteiger partial charge in [0.25, 0.3) is 0 Å². The van der Waals surface area contributed by atoms with Crippen molar-refractivity contribution in [3.05, 3.63) is 0 Å². The lowest BCUT2D eigenvalue weighted by Gasteiger charge is -2.43. The van der Waals surface area contributed by atoms with Crippen LogP contribution in [-0.2, 0) is 0 Å². The maximum Gasteiger partial charge on any atom is 0.313 e. The number of rotatable bonds is 15. The molecule has 0 radical (unpaired) electrons. The average molecular weight is 352 g/mol. The molecule has 0 saturated heterocycles. The van der Waals surface area contributed by atoms with E-state index in [0.717, 1.165) is 19.3 Å². The van der Waals surface area contributed by atoms with Gasteiger partial charge in [-0.1, -0.05) is 96.8 Å². The zero-order valence-electron chi connectivity index (χ0n) is 15.4. The molecule has 1 aliphatic rings. The maximum atomic E-state index is 13.1. The molecule has 24 heavy (non-hydrogen) atoms. The highest BCUT2D eigenvalue weighted by molar-refractivity contribution is 5.02. The Kier molecular flexibility index (Phi) is 10.3. The lowest BCUT2D eigenvalue weighted by molar-refractivity contribution is -0.314. The summed E-state index contributed by atoms with van der Waals surface area (Å²) in [4.78, 5) is 0. The van der Waals surface area contributed by atoms with Gasteiger partial charge in [-0.15, -0.1) is 0 Å². The Labute approximate surface area is 145 Å². The standard InChI is InChI=1S/C20H36F4/c1-2-3-4-5-6-7-8-9-10-11-12-13-14-15-16-18-17-19(21,22)20(18,23)24/h18H,2-17H2,1H3. The van der Waals surface area contributed by atoms with E-state index in [-0.39, 0.29) is 6.42 Å². The molecule has 0 spiro atoms. The molecule has 1 fully saturated rings. The first-order valence-electron chi connectivity index (χ1n) is 10.2. The fourth-order valence-electron chi connectivity index (χ4n) is 3.61. The SMILES string of the molecule is CCCCCCCCCCCCCCCCC1CC(F)(F)C1(F)F. The topological polar surface area (TPSA) is 0 Å². The molecule has 1 atom stereocenters. The van der Waals surface area contributed by atoms with E-state index in [1.807, 2.05) is 0 Å². The molecular weight excluding hydrogens is 316 g/mol. The molecule has 144 valence electrons. The van der Waals surface area contributed by atoms with E-state index in [4.69, 9.17) is 0 Å². The van der Waals surface area contributed by atoms with Gasteiger partial charge in [0.15, 0.2) is 0 Å². The summed E-state index contributed by atoms with van der Waals surface area (Å²) in [6.07, 6.45) is 16.6. The second-order valence-corrected chi connectivity index (χ2v) is 7.61. The Morgan fingerprint density at radius 2 is 1.00 bits per heavy atom. The van der Waals surface area contributed by atoms with E-state index in [2.05, 4.69) is 6.92 Å². The summed E-state index contributed by atoms with van der Waals surface area (Å²) in [6.45, 7) is 2.24. The largest absolute Gasteiger partial charge is 0.313 e. The molecule has 0 aromatic carbocycles. The molecule has 4 heteroatoms. The maximum absolute atomic E-state index is 13.1. The first-order chi connectivity index (χ1) is 11.4. The van der Waals surface area contributed by atoms with Gasteiger partial charge in [0.1, 0.15) is 0 Å². The van der Waals surface area contributed by atoms with Gasteiger partial charge >= 0.3 is 11.8 Å². The van der Waals surface area contributed by atoms with Gasteiger partial charge in [0.05, 0.1) is 0 Å². The van der Waals surface area contributed by atoms with E-state index >= 15 is 0 Å². The Balaban J connectivity index is 1.79. The molecule has 0 heterocycles. The van der Waals surface area contributed by atoms with Crippen molar-refractivity contribution in [3.63, 3.8) is 0 Å². The number of hydrogen-bond donors (Lipinski definition) is 0. The molecule has 1 rings (SSSR count). The minimum Gasteiger partial charge on any atom is -0.200 e.